The van der Waals surface area contributed by atoms with Crippen molar-refractivity contribution >= 4 is 16.3 Å². The van der Waals surface area contributed by atoms with E-state index in [4.69, 9.17) is 0 Å². The molecule has 3 aromatic rings. The molecule has 0 radical (unpaired) electrons. The second-order valence-electron chi connectivity index (χ2n) is 4.66. The fraction of sp³-hybridized carbons (Fsp3) is 0.308. The molecule has 0 atom stereocenters. The maximum Gasteiger partial charge on any atom is 0.234 e. The zero-order chi connectivity index (χ0) is 12.8. The maximum absolute atomic E-state index is 4.63. The SMILES string of the molecule is CCc1nnc2sc(-c3ccc4c(c3)CNC4)nn12. The van der Waals surface area contributed by atoms with E-state index in [1.54, 1.807) is 11.3 Å². The number of hydrogen-bond acceptors (Lipinski definition) is 5. The Morgan fingerprint density at radius 1 is 1.26 bits per heavy atom. The minimum absolute atomic E-state index is 0.846. The number of nitrogens with one attached hydrogen (secondary N) is 1. The third-order valence-corrected chi connectivity index (χ3v) is 4.40. The maximum atomic E-state index is 4.63. The van der Waals surface area contributed by atoms with Gasteiger partial charge in [0.05, 0.1) is 0 Å². The molecule has 0 spiro atoms. The average Bonchev–Trinajstić information content (AvgIpc) is 3.12. The summed E-state index contributed by atoms with van der Waals surface area (Å²) in [4.78, 5) is 0.866. The van der Waals surface area contributed by atoms with Gasteiger partial charge in [0.15, 0.2) is 5.82 Å². The van der Waals surface area contributed by atoms with Crippen LogP contribution in [0.25, 0.3) is 15.5 Å². The Labute approximate surface area is 114 Å². The first kappa shape index (κ1) is 11.1. The van der Waals surface area contributed by atoms with Crippen LogP contribution < -0.4 is 5.32 Å². The second-order valence-corrected chi connectivity index (χ2v) is 5.61. The van der Waals surface area contributed by atoms with Crippen LogP contribution in [-0.4, -0.2) is 19.8 Å². The molecule has 0 unspecified atom stereocenters. The van der Waals surface area contributed by atoms with Gasteiger partial charge >= 0.3 is 0 Å². The lowest BCUT2D eigenvalue weighted by Crippen LogP contribution is -1.99. The molecule has 2 aromatic heterocycles. The lowest BCUT2D eigenvalue weighted by molar-refractivity contribution is 0.765. The molecule has 1 N–H and O–H groups in total. The number of benzene rings is 1. The molecule has 0 saturated carbocycles. The predicted octanol–water partition coefficient (Wildman–Crippen LogP) is 2.02. The number of hydrogen-bond donors (Lipinski definition) is 1. The van der Waals surface area contributed by atoms with Crippen molar-refractivity contribution in [3.8, 4) is 10.6 Å². The highest BCUT2D eigenvalue weighted by Gasteiger charge is 2.15. The van der Waals surface area contributed by atoms with Crippen LogP contribution in [0.4, 0.5) is 0 Å². The van der Waals surface area contributed by atoms with Crippen molar-refractivity contribution in [2.45, 2.75) is 26.4 Å². The monoisotopic (exact) mass is 271 g/mol. The summed E-state index contributed by atoms with van der Waals surface area (Å²) in [5.41, 5.74) is 3.93. The lowest BCUT2D eigenvalue weighted by Gasteiger charge is -2.00. The van der Waals surface area contributed by atoms with Crippen molar-refractivity contribution in [2.24, 2.45) is 0 Å². The third-order valence-electron chi connectivity index (χ3n) is 3.46. The van der Waals surface area contributed by atoms with Gasteiger partial charge in [-0.05, 0) is 17.2 Å². The summed E-state index contributed by atoms with van der Waals surface area (Å²) in [6.07, 6.45) is 0.846. The van der Waals surface area contributed by atoms with Crippen LogP contribution in [0.3, 0.4) is 0 Å². The molecule has 6 heteroatoms. The van der Waals surface area contributed by atoms with Crippen LogP contribution in [0.5, 0.6) is 0 Å². The Kier molecular flexibility index (Phi) is 2.39. The van der Waals surface area contributed by atoms with Crippen molar-refractivity contribution < 1.29 is 0 Å². The molecule has 0 amide bonds. The van der Waals surface area contributed by atoms with Gasteiger partial charge in [0.2, 0.25) is 4.96 Å². The number of nitrogens with zero attached hydrogens (tertiary/aromatic N) is 4. The molecular formula is C13H13N5S. The van der Waals surface area contributed by atoms with Crippen molar-refractivity contribution in [3.05, 3.63) is 35.2 Å². The van der Waals surface area contributed by atoms with Crippen LogP contribution in [0.15, 0.2) is 18.2 Å². The Morgan fingerprint density at radius 3 is 3.05 bits per heavy atom. The topological polar surface area (TPSA) is 55.1 Å². The van der Waals surface area contributed by atoms with E-state index in [0.29, 0.717) is 0 Å². The summed E-state index contributed by atoms with van der Waals surface area (Å²) in [5, 5.41) is 17.3. The Bertz CT molecular complexity index is 758. The minimum Gasteiger partial charge on any atom is -0.309 e. The Hall–Kier alpha value is -1.79. The molecule has 1 aliphatic heterocycles. The largest absolute Gasteiger partial charge is 0.309 e. The average molecular weight is 271 g/mol. The highest BCUT2D eigenvalue weighted by Crippen LogP contribution is 2.28. The van der Waals surface area contributed by atoms with Crippen LogP contribution in [0, 0.1) is 0 Å². The fourth-order valence-corrected chi connectivity index (χ4v) is 3.28. The first-order valence-electron chi connectivity index (χ1n) is 6.39. The number of fused-ring (bicyclic) bond motifs is 2. The molecule has 1 aromatic carbocycles. The van der Waals surface area contributed by atoms with Gasteiger partial charge in [-0.25, -0.2) is 0 Å². The van der Waals surface area contributed by atoms with Gasteiger partial charge in [0.1, 0.15) is 5.01 Å². The van der Waals surface area contributed by atoms with E-state index in [-0.39, 0.29) is 0 Å². The van der Waals surface area contributed by atoms with Gasteiger partial charge in [-0.1, -0.05) is 30.4 Å². The summed E-state index contributed by atoms with van der Waals surface area (Å²) in [5.74, 6) is 0.917. The standard InChI is InChI=1S/C13H13N5S/c1-2-11-15-16-13-18(11)17-12(19-13)8-3-4-9-6-14-7-10(9)5-8/h3-5,14H,2,6-7H2,1H3. The molecule has 0 bridgehead atoms. The lowest BCUT2D eigenvalue weighted by atomic mass is 10.1. The molecule has 0 fully saturated rings. The summed E-state index contributed by atoms with van der Waals surface area (Å²) in [6, 6.07) is 6.56. The van der Waals surface area contributed by atoms with E-state index in [1.165, 1.54) is 16.7 Å². The zero-order valence-corrected chi connectivity index (χ0v) is 11.4. The molecule has 1 aliphatic rings. The molecule has 0 saturated heterocycles. The minimum atomic E-state index is 0.846. The molecule has 4 rings (SSSR count). The number of aromatic nitrogens is 4. The highest BCUT2D eigenvalue weighted by atomic mass is 32.1. The van der Waals surface area contributed by atoms with Gasteiger partial charge in [0.25, 0.3) is 0 Å². The van der Waals surface area contributed by atoms with E-state index >= 15 is 0 Å². The second kappa shape index (κ2) is 4.11. The van der Waals surface area contributed by atoms with Gasteiger partial charge in [0, 0.05) is 25.1 Å². The Morgan fingerprint density at radius 2 is 2.16 bits per heavy atom. The van der Waals surface area contributed by atoms with Crippen LogP contribution >= 0.6 is 11.3 Å². The molecule has 3 heterocycles. The van der Waals surface area contributed by atoms with Crippen molar-refractivity contribution in [1.82, 2.24) is 25.1 Å². The Balaban J connectivity index is 1.83. The third kappa shape index (κ3) is 1.67. The summed E-state index contributed by atoms with van der Waals surface area (Å²) >= 11 is 1.59. The molecule has 96 valence electrons. The number of rotatable bonds is 2. The van der Waals surface area contributed by atoms with Gasteiger partial charge in [-0.3, -0.25) is 0 Å². The first-order valence-corrected chi connectivity index (χ1v) is 7.21. The summed E-state index contributed by atoms with van der Waals surface area (Å²) < 4.78 is 1.85. The van der Waals surface area contributed by atoms with E-state index < -0.39 is 0 Å². The quantitative estimate of drug-likeness (QED) is 0.774. The van der Waals surface area contributed by atoms with Crippen LogP contribution in [-0.2, 0) is 19.5 Å². The van der Waals surface area contributed by atoms with Gasteiger partial charge in [-0.2, -0.15) is 9.61 Å². The summed E-state index contributed by atoms with van der Waals surface area (Å²) in [7, 11) is 0. The van der Waals surface area contributed by atoms with E-state index in [2.05, 4.69) is 45.7 Å². The van der Waals surface area contributed by atoms with E-state index in [0.717, 1.165) is 35.3 Å². The number of aryl methyl sites for hydroxylation is 1. The van der Waals surface area contributed by atoms with E-state index in [9.17, 15) is 0 Å². The zero-order valence-electron chi connectivity index (χ0n) is 10.6. The predicted molar refractivity (Wildman–Crippen MR) is 74.0 cm³/mol. The smallest absolute Gasteiger partial charge is 0.234 e. The van der Waals surface area contributed by atoms with Crippen LogP contribution in [0.2, 0.25) is 0 Å². The first-order chi connectivity index (χ1) is 9.35. The van der Waals surface area contributed by atoms with Gasteiger partial charge in [-0.15, -0.1) is 10.2 Å². The van der Waals surface area contributed by atoms with Gasteiger partial charge < -0.3 is 5.32 Å². The van der Waals surface area contributed by atoms with Crippen molar-refractivity contribution in [2.75, 3.05) is 0 Å². The molecule has 0 aliphatic carbocycles. The van der Waals surface area contributed by atoms with Crippen LogP contribution in [0.1, 0.15) is 23.9 Å². The van der Waals surface area contributed by atoms with Crippen molar-refractivity contribution in [3.63, 3.8) is 0 Å². The molecule has 5 nitrogen and oxygen atoms in total. The van der Waals surface area contributed by atoms with E-state index in [1.807, 2.05) is 4.52 Å². The highest BCUT2D eigenvalue weighted by molar-refractivity contribution is 7.19. The molecule has 19 heavy (non-hydrogen) atoms. The normalized spacial score (nSPS) is 14.2. The molecular weight excluding hydrogens is 258 g/mol. The summed E-state index contributed by atoms with van der Waals surface area (Å²) in [6.45, 7) is 3.99. The van der Waals surface area contributed by atoms with Crippen molar-refractivity contribution in [1.29, 1.82) is 0 Å². The fourth-order valence-electron chi connectivity index (χ4n) is 2.42.